The average Bonchev–Trinajstić information content (AvgIpc) is 2.54. The van der Waals surface area contributed by atoms with Crippen molar-refractivity contribution in [1.82, 2.24) is 9.97 Å². The normalized spacial score (nSPS) is 12.0. The van der Waals surface area contributed by atoms with E-state index in [9.17, 15) is 9.59 Å². The van der Waals surface area contributed by atoms with Crippen LogP contribution in [-0.4, -0.2) is 21.1 Å². The summed E-state index contributed by atoms with van der Waals surface area (Å²) in [5.41, 5.74) is 2.52. The van der Waals surface area contributed by atoms with E-state index in [4.69, 9.17) is 0 Å². The van der Waals surface area contributed by atoms with Gasteiger partial charge in [-0.15, -0.1) is 0 Å². The molecule has 1 atom stereocenters. The Morgan fingerprint density at radius 2 is 1.96 bits per heavy atom. The lowest BCUT2D eigenvalue weighted by molar-refractivity contribution is -0.115. The summed E-state index contributed by atoms with van der Waals surface area (Å²) in [5.74, 6) is -0.121. The minimum absolute atomic E-state index is 0.121. The van der Waals surface area contributed by atoms with Gasteiger partial charge >= 0.3 is 0 Å². The molecule has 1 unspecified atom stereocenters. The van der Waals surface area contributed by atoms with Gasteiger partial charge < -0.3 is 10.3 Å². The van der Waals surface area contributed by atoms with Gasteiger partial charge in [0.25, 0.3) is 5.56 Å². The Morgan fingerprint density at radius 3 is 2.57 bits per heavy atom. The first-order valence-electron chi connectivity index (χ1n) is 7.68. The molecular weight excluding hydrogens is 310 g/mol. The molecule has 0 aliphatic carbocycles. The third kappa shape index (κ3) is 4.96. The smallest absolute Gasteiger partial charge is 0.251 e. The fourth-order valence-corrected chi connectivity index (χ4v) is 2.84. The number of nitrogens with zero attached hydrogens (tertiary/aromatic N) is 1. The van der Waals surface area contributed by atoms with Crippen LogP contribution in [0.15, 0.2) is 40.3 Å². The second-order valence-electron chi connectivity index (χ2n) is 5.20. The number of anilines is 1. The van der Waals surface area contributed by atoms with Crippen LogP contribution in [0.5, 0.6) is 0 Å². The van der Waals surface area contributed by atoms with Gasteiger partial charge in [-0.3, -0.25) is 9.59 Å². The molecule has 1 amide bonds. The molecule has 2 N–H and O–H groups in total. The lowest BCUT2D eigenvalue weighted by atomic mass is 10.1. The zero-order valence-corrected chi connectivity index (χ0v) is 14.4. The maximum atomic E-state index is 12.3. The van der Waals surface area contributed by atoms with Gasteiger partial charge in [-0.1, -0.05) is 37.7 Å². The molecule has 0 spiro atoms. The molecule has 0 saturated carbocycles. The van der Waals surface area contributed by atoms with E-state index in [0.717, 1.165) is 17.8 Å². The maximum absolute atomic E-state index is 12.3. The summed E-state index contributed by atoms with van der Waals surface area (Å²) in [5, 5.41) is 2.98. The molecule has 2 rings (SSSR count). The molecule has 0 saturated heterocycles. The Labute approximate surface area is 139 Å². The Morgan fingerprint density at radius 1 is 1.26 bits per heavy atom. The highest BCUT2D eigenvalue weighted by atomic mass is 32.2. The third-order valence-corrected chi connectivity index (χ3v) is 4.41. The molecule has 1 aromatic heterocycles. The molecule has 1 aromatic carbocycles. The average molecular weight is 331 g/mol. The number of hydrogen-bond acceptors (Lipinski definition) is 4. The number of aromatic nitrogens is 2. The van der Waals surface area contributed by atoms with Crippen LogP contribution in [0.2, 0.25) is 0 Å². The number of carbonyl (C=O) groups excluding carboxylic acids is 1. The number of hydrogen-bond donors (Lipinski definition) is 2. The van der Waals surface area contributed by atoms with Crippen LogP contribution in [0.1, 0.15) is 32.0 Å². The number of H-pyrrole nitrogens is 1. The van der Waals surface area contributed by atoms with Crippen molar-refractivity contribution in [3.05, 3.63) is 51.9 Å². The summed E-state index contributed by atoms with van der Waals surface area (Å²) in [6.07, 6.45) is 1.65. The first-order valence-corrected chi connectivity index (χ1v) is 8.56. The number of thioether (sulfide) groups is 1. The van der Waals surface area contributed by atoms with E-state index in [2.05, 4.69) is 22.2 Å². The first kappa shape index (κ1) is 17.3. The van der Waals surface area contributed by atoms with E-state index in [0.29, 0.717) is 11.6 Å². The van der Waals surface area contributed by atoms with Crippen molar-refractivity contribution in [3.63, 3.8) is 0 Å². The predicted octanol–water partition coefficient (Wildman–Crippen LogP) is 3.01. The third-order valence-electron chi connectivity index (χ3n) is 3.42. The molecule has 0 aliphatic rings. The highest BCUT2D eigenvalue weighted by Gasteiger charge is 2.16. The lowest BCUT2D eigenvalue weighted by Crippen LogP contribution is -2.23. The molecule has 122 valence electrons. The van der Waals surface area contributed by atoms with Gasteiger partial charge in [0.05, 0.1) is 5.25 Å². The Balaban J connectivity index is 2.01. The molecule has 2 aromatic rings. The first-order chi connectivity index (χ1) is 11.0. The number of aromatic amines is 1. The van der Waals surface area contributed by atoms with Crippen LogP contribution in [0.25, 0.3) is 0 Å². The van der Waals surface area contributed by atoms with Crippen LogP contribution in [0.3, 0.4) is 0 Å². The fraction of sp³-hybridized carbons (Fsp3) is 0.353. The minimum atomic E-state index is -0.365. The van der Waals surface area contributed by atoms with Crippen LogP contribution < -0.4 is 10.9 Å². The Kier molecular flexibility index (Phi) is 5.98. The van der Waals surface area contributed by atoms with Gasteiger partial charge in [-0.25, -0.2) is 4.98 Å². The molecule has 5 nitrogen and oxygen atoms in total. The summed E-state index contributed by atoms with van der Waals surface area (Å²) in [7, 11) is 0. The molecule has 0 aliphatic heterocycles. The van der Waals surface area contributed by atoms with Gasteiger partial charge in [-0.2, -0.15) is 0 Å². The van der Waals surface area contributed by atoms with E-state index in [1.54, 1.807) is 6.92 Å². The summed E-state index contributed by atoms with van der Waals surface area (Å²) in [4.78, 5) is 30.8. The van der Waals surface area contributed by atoms with Crippen molar-refractivity contribution < 1.29 is 4.79 Å². The predicted molar refractivity (Wildman–Crippen MR) is 94.0 cm³/mol. The molecular formula is C17H21N3O2S. The van der Waals surface area contributed by atoms with Gasteiger partial charge in [0.1, 0.15) is 0 Å². The molecule has 0 radical (unpaired) electrons. The summed E-state index contributed by atoms with van der Waals surface area (Å²) < 4.78 is 0. The molecule has 0 fully saturated rings. The van der Waals surface area contributed by atoms with Gasteiger partial charge in [-0.05, 0) is 37.5 Å². The lowest BCUT2D eigenvalue weighted by Gasteiger charge is -2.12. The second kappa shape index (κ2) is 7.97. The summed E-state index contributed by atoms with van der Waals surface area (Å²) in [6, 6.07) is 9.26. The maximum Gasteiger partial charge on any atom is 0.251 e. The Bertz CT molecular complexity index is 725. The van der Waals surface area contributed by atoms with Crippen LogP contribution in [0.4, 0.5) is 5.69 Å². The van der Waals surface area contributed by atoms with Gasteiger partial charge in [0.2, 0.25) is 5.91 Å². The zero-order chi connectivity index (χ0) is 16.8. The van der Waals surface area contributed by atoms with Crippen LogP contribution in [0, 0.1) is 0 Å². The van der Waals surface area contributed by atoms with E-state index in [-0.39, 0.29) is 16.7 Å². The number of rotatable bonds is 6. The monoisotopic (exact) mass is 331 g/mol. The molecule has 6 heteroatoms. The molecule has 0 bridgehead atoms. The highest BCUT2D eigenvalue weighted by Crippen LogP contribution is 2.20. The largest absolute Gasteiger partial charge is 0.325 e. The van der Waals surface area contributed by atoms with Gasteiger partial charge in [0, 0.05) is 17.4 Å². The van der Waals surface area contributed by atoms with Crippen molar-refractivity contribution >= 4 is 23.4 Å². The van der Waals surface area contributed by atoms with Crippen LogP contribution >= 0.6 is 11.8 Å². The van der Waals surface area contributed by atoms with E-state index in [1.807, 2.05) is 31.2 Å². The van der Waals surface area contributed by atoms with Crippen molar-refractivity contribution in [1.29, 1.82) is 0 Å². The molecule has 1 heterocycles. The number of benzene rings is 1. The highest BCUT2D eigenvalue weighted by molar-refractivity contribution is 8.00. The standard InChI is InChI=1S/C17H21N3O2S/c1-4-12-6-8-14(9-7-12)18-16(22)11(3)23-17-19-13(5-2)10-15(21)20-17/h6-11H,4-5H2,1-3H3,(H,18,22)(H,19,20,21). The topological polar surface area (TPSA) is 74.8 Å². The van der Waals surface area contributed by atoms with E-state index >= 15 is 0 Å². The van der Waals surface area contributed by atoms with Crippen LogP contribution in [-0.2, 0) is 17.6 Å². The quantitative estimate of drug-likeness (QED) is 0.630. The van der Waals surface area contributed by atoms with Crippen molar-refractivity contribution in [2.24, 2.45) is 0 Å². The second-order valence-corrected chi connectivity index (χ2v) is 6.52. The summed E-state index contributed by atoms with van der Waals surface area (Å²) in [6.45, 7) is 5.82. The minimum Gasteiger partial charge on any atom is -0.325 e. The van der Waals surface area contributed by atoms with Crippen molar-refractivity contribution in [2.45, 2.75) is 44.0 Å². The van der Waals surface area contributed by atoms with Crippen molar-refractivity contribution in [2.75, 3.05) is 5.32 Å². The number of carbonyl (C=O) groups is 1. The number of nitrogens with one attached hydrogen (secondary N) is 2. The van der Waals surface area contributed by atoms with E-state index < -0.39 is 0 Å². The van der Waals surface area contributed by atoms with E-state index in [1.165, 1.54) is 23.4 Å². The fourth-order valence-electron chi connectivity index (χ4n) is 2.01. The molecule has 23 heavy (non-hydrogen) atoms. The Hall–Kier alpha value is -2.08. The van der Waals surface area contributed by atoms with Crippen molar-refractivity contribution in [3.8, 4) is 0 Å². The number of aryl methyl sites for hydroxylation is 2. The zero-order valence-electron chi connectivity index (χ0n) is 13.6. The number of amides is 1. The van der Waals surface area contributed by atoms with Gasteiger partial charge in [0.15, 0.2) is 5.16 Å². The summed E-state index contributed by atoms with van der Waals surface area (Å²) >= 11 is 1.24. The SMILES string of the molecule is CCc1ccc(NC(=O)C(C)Sc2nc(CC)cc(=O)[nH]2)cc1.